The van der Waals surface area contributed by atoms with E-state index >= 15 is 0 Å². The van der Waals surface area contributed by atoms with Crippen LogP contribution in [-0.2, 0) is 22.4 Å². The van der Waals surface area contributed by atoms with E-state index in [1.807, 2.05) is 24.4 Å². The Bertz CT molecular complexity index is 1340. The predicted octanol–water partition coefficient (Wildman–Crippen LogP) is 7.25. The number of hydrogen-bond acceptors (Lipinski definition) is 7. The number of carbonyl (C=O) groups is 2. The molecule has 1 N–H and O–H groups in total. The lowest BCUT2D eigenvalue weighted by molar-refractivity contribution is 0.0476. The third kappa shape index (κ3) is 8.04. The van der Waals surface area contributed by atoms with Gasteiger partial charge in [-0.15, -0.1) is 16.4 Å². The van der Waals surface area contributed by atoms with Crippen molar-refractivity contribution >= 4 is 62.4 Å². The molecule has 214 valence electrons. The molecule has 0 radical (unpaired) electrons. The van der Waals surface area contributed by atoms with Gasteiger partial charge < -0.3 is 14.8 Å². The lowest BCUT2D eigenvalue weighted by Crippen LogP contribution is -2.44. The summed E-state index contributed by atoms with van der Waals surface area (Å²) < 4.78 is 27.8. The van der Waals surface area contributed by atoms with Crippen LogP contribution < -0.4 is 10.2 Å². The minimum Gasteiger partial charge on any atom is -0.444 e. The maximum atomic E-state index is 14.7. The SMILES string of the molecule is Cc1c(C[C@@H](NC(=O)OC(C)(C)C)[C@H](C)F)c(Br)n2nc(Cl)nc(N(Cc3cccs3)C(=O)OC(C)(C)C)c12. The number of rotatable bonds is 7. The Morgan fingerprint density at radius 1 is 1.23 bits per heavy atom. The van der Waals surface area contributed by atoms with Crippen molar-refractivity contribution in [3.05, 3.63) is 43.4 Å². The number of aryl methyl sites for hydroxylation is 1. The maximum Gasteiger partial charge on any atom is 0.416 e. The minimum atomic E-state index is -1.39. The number of amides is 2. The highest BCUT2D eigenvalue weighted by molar-refractivity contribution is 9.10. The minimum absolute atomic E-state index is 0.0956. The molecule has 0 spiro atoms. The summed E-state index contributed by atoms with van der Waals surface area (Å²) in [6.45, 7) is 13.9. The first kappa shape index (κ1) is 31.1. The number of ether oxygens (including phenoxy) is 2. The molecule has 0 fully saturated rings. The highest BCUT2D eigenvalue weighted by Crippen LogP contribution is 2.35. The summed E-state index contributed by atoms with van der Waals surface area (Å²) >= 11 is 11.4. The van der Waals surface area contributed by atoms with Crippen LogP contribution in [0.25, 0.3) is 5.52 Å². The van der Waals surface area contributed by atoms with Gasteiger partial charge >= 0.3 is 12.2 Å². The first-order valence-corrected chi connectivity index (χ1v) is 14.4. The number of halogens is 3. The van der Waals surface area contributed by atoms with Crippen LogP contribution in [0, 0.1) is 6.92 Å². The molecule has 9 nitrogen and oxygen atoms in total. The summed E-state index contributed by atoms with van der Waals surface area (Å²) in [7, 11) is 0. The number of hydrogen-bond donors (Lipinski definition) is 1. The molecule has 39 heavy (non-hydrogen) atoms. The Labute approximate surface area is 245 Å². The molecule has 0 unspecified atom stereocenters. The Morgan fingerprint density at radius 3 is 2.41 bits per heavy atom. The fraction of sp³-hybridized carbons (Fsp3) is 0.538. The fourth-order valence-corrected chi connectivity index (χ4v) is 5.38. The van der Waals surface area contributed by atoms with Gasteiger partial charge in [-0.3, -0.25) is 4.90 Å². The van der Waals surface area contributed by atoms with Crippen molar-refractivity contribution < 1.29 is 23.5 Å². The topological polar surface area (TPSA) is 98.1 Å². The van der Waals surface area contributed by atoms with E-state index in [0.29, 0.717) is 21.2 Å². The highest BCUT2D eigenvalue weighted by Gasteiger charge is 2.32. The molecule has 0 aromatic carbocycles. The highest BCUT2D eigenvalue weighted by atomic mass is 79.9. The molecule has 3 heterocycles. The molecule has 3 aromatic heterocycles. The second kappa shape index (κ2) is 12.0. The number of nitrogens with one attached hydrogen (secondary N) is 1. The smallest absolute Gasteiger partial charge is 0.416 e. The lowest BCUT2D eigenvalue weighted by atomic mass is 10.0. The van der Waals surface area contributed by atoms with Crippen molar-refractivity contribution in [3.8, 4) is 0 Å². The molecule has 0 saturated carbocycles. The molecular formula is C26H34BrClFN5O4S. The third-order valence-electron chi connectivity index (χ3n) is 5.49. The van der Waals surface area contributed by atoms with Crippen LogP contribution >= 0.6 is 38.9 Å². The lowest BCUT2D eigenvalue weighted by Gasteiger charge is -2.27. The summed E-state index contributed by atoms with van der Waals surface area (Å²) in [5, 5.41) is 8.79. The normalized spacial score (nSPS) is 13.7. The van der Waals surface area contributed by atoms with Crippen LogP contribution in [0.3, 0.4) is 0 Å². The number of fused-ring (bicyclic) bond motifs is 1. The van der Waals surface area contributed by atoms with E-state index in [9.17, 15) is 14.0 Å². The van der Waals surface area contributed by atoms with E-state index in [1.54, 1.807) is 41.5 Å². The molecule has 0 aliphatic rings. The number of alkyl carbamates (subject to hydrolysis) is 1. The van der Waals surface area contributed by atoms with Gasteiger partial charge in [0.25, 0.3) is 0 Å². The second-order valence-electron chi connectivity index (χ2n) is 11.1. The molecular weight excluding hydrogens is 613 g/mol. The summed E-state index contributed by atoms with van der Waals surface area (Å²) in [5.74, 6) is 0.243. The van der Waals surface area contributed by atoms with Gasteiger partial charge in [0.2, 0.25) is 5.28 Å². The van der Waals surface area contributed by atoms with Gasteiger partial charge in [0.05, 0.1) is 12.6 Å². The number of thiophene rings is 1. The molecule has 0 saturated heterocycles. The van der Waals surface area contributed by atoms with Crippen molar-refractivity contribution in [2.45, 2.75) is 91.8 Å². The van der Waals surface area contributed by atoms with E-state index < -0.39 is 35.6 Å². The molecule has 3 rings (SSSR count). The average molecular weight is 647 g/mol. The van der Waals surface area contributed by atoms with Crippen LogP contribution in [-0.4, -0.2) is 50.2 Å². The Balaban J connectivity index is 2.10. The Morgan fingerprint density at radius 2 is 1.87 bits per heavy atom. The van der Waals surface area contributed by atoms with E-state index in [1.165, 1.54) is 27.7 Å². The number of carbonyl (C=O) groups excluding carboxylic acids is 2. The summed E-state index contributed by atoms with van der Waals surface area (Å²) in [6.07, 6.45) is -2.60. The monoisotopic (exact) mass is 645 g/mol. The van der Waals surface area contributed by atoms with Crippen LogP contribution in [0.15, 0.2) is 22.1 Å². The molecule has 2 atom stereocenters. The zero-order valence-electron chi connectivity index (χ0n) is 23.3. The van der Waals surface area contributed by atoms with Crippen molar-refractivity contribution in [1.82, 2.24) is 19.9 Å². The number of anilines is 1. The standard InChI is InChI=1S/C26H34BrClFN5O4S/c1-14-17(12-18(15(2)29)30-23(35)37-25(3,4)5)20(27)34-19(14)21(31-22(28)32-34)33(13-16-10-9-11-39-16)24(36)38-26(6,7)8/h9-11,15,18H,12-13H2,1-8H3,(H,30,35)/t15-,18+/m0/s1. The van der Waals surface area contributed by atoms with Crippen molar-refractivity contribution in [1.29, 1.82) is 0 Å². The molecule has 0 aliphatic carbocycles. The van der Waals surface area contributed by atoms with Gasteiger partial charge in [-0.2, -0.15) is 4.98 Å². The Hall–Kier alpha value is -2.44. The largest absolute Gasteiger partial charge is 0.444 e. The molecule has 0 aliphatic heterocycles. The van der Waals surface area contributed by atoms with E-state index in [0.717, 1.165) is 4.88 Å². The molecule has 13 heteroatoms. The molecule has 0 bridgehead atoms. The van der Waals surface area contributed by atoms with Crippen molar-refractivity contribution in [3.63, 3.8) is 0 Å². The first-order valence-electron chi connectivity index (χ1n) is 12.4. The summed E-state index contributed by atoms with van der Waals surface area (Å²) in [5.41, 5.74) is 0.359. The van der Waals surface area contributed by atoms with Crippen molar-refractivity contribution in [2.75, 3.05) is 4.90 Å². The van der Waals surface area contributed by atoms with Crippen LogP contribution in [0.2, 0.25) is 5.28 Å². The fourth-order valence-electron chi connectivity index (χ4n) is 3.82. The molecule has 3 aromatic rings. The number of nitrogens with zero attached hydrogens (tertiary/aromatic N) is 4. The van der Waals surface area contributed by atoms with Crippen LogP contribution in [0.4, 0.5) is 19.8 Å². The van der Waals surface area contributed by atoms with E-state index in [4.69, 9.17) is 21.1 Å². The quantitative estimate of drug-likeness (QED) is 0.290. The molecule has 2 amide bonds. The summed E-state index contributed by atoms with van der Waals surface area (Å²) in [6, 6.07) is 2.90. The zero-order chi connectivity index (χ0) is 29.3. The van der Waals surface area contributed by atoms with Gasteiger partial charge in [-0.05, 0) is 112 Å². The first-order chi connectivity index (χ1) is 18.0. The average Bonchev–Trinajstić information content (AvgIpc) is 3.36. The van der Waals surface area contributed by atoms with Crippen LogP contribution in [0.5, 0.6) is 0 Å². The van der Waals surface area contributed by atoms with Gasteiger partial charge in [-0.25, -0.2) is 18.5 Å². The second-order valence-corrected chi connectivity index (χ2v) is 13.3. The Kier molecular flexibility index (Phi) is 9.55. The van der Waals surface area contributed by atoms with E-state index in [2.05, 4.69) is 31.3 Å². The van der Waals surface area contributed by atoms with Crippen LogP contribution in [0.1, 0.15) is 64.5 Å². The predicted molar refractivity (Wildman–Crippen MR) is 155 cm³/mol. The zero-order valence-corrected chi connectivity index (χ0v) is 26.4. The number of alkyl halides is 1. The summed E-state index contributed by atoms with van der Waals surface area (Å²) in [4.78, 5) is 32.6. The van der Waals surface area contributed by atoms with Gasteiger partial charge in [0.1, 0.15) is 27.5 Å². The van der Waals surface area contributed by atoms with Gasteiger partial charge in [-0.1, -0.05) is 6.07 Å². The third-order valence-corrected chi connectivity index (χ3v) is 7.33. The van der Waals surface area contributed by atoms with Crippen molar-refractivity contribution in [2.24, 2.45) is 0 Å². The van der Waals surface area contributed by atoms with E-state index in [-0.39, 0.29) is 24.1 Å². The maximum absolute atomic E-state index is 14.7. The number of aromatic nitrogens is 3. The van der Waals surface area contributed by atoms with Gasteiger partial charge in [0, 0.05) is 4.88 Å². The van der Waals surface area contributed by atoms with Gasteiger partial charge in [0.15, 0.2) is 5.82 Å².